The Labute approximate surface area is 190 Å². The molecule has 0 saturated carbocycles. The number of hydrogen-bond acceptors (Lipinski definition) is 3. The number of hydrogen-bond donors (Lipinski definition) is 2. The average molecular weight is 494 g/mol. The van der Waals surface area contributed by atoms with Crippen molar-refractivity contribution in [2.24, 2.45) is 0 Å². The van der Waals surface area contributed by atoms with Gasteiger partial charge in [0.15, 0.2) is 0 Å². The highest BCUT2D eigenvalue weighted by Gasteiger charge is 2.45. The van der Waals surface area contributed by atoms with Crippen molar-refractivity contribution in [1.82, 2.24) is 10.6 Å². The minimum absolute atomic E-state index is 0.0865. The highest BCUT2D eigenvalue weighted by Crippen LogP contribution is 2.45. The van der Waals surface area contributed by atoms with E-state index in [1.165, 1.54) is 25.1 Å². The van der Waals surface area contributed by atoms with Gasteiger partial charge in [0.1, 0.15) is 21.8 Å². The average Bonchev–Trinajstić information content (AvgIpc) is 3.21. The number of allylic oxidation sites excluding steroid dienone is 1. The molecule has 0 aliphatic carbocycles. The molecule has 2 unspecified atom stereocenters. The number of rotatable bonds is 4. The van der Waals surface area contributed by atoms with Crippen molar-refractivity contribution in [3.63, 3.8) is 0 Å². The Hall–Kier alpha value is -2.69. The van der Waals surface area contributed by atoms with Gasteiger partial charge < -0.3 is 10.6 Å². The van der Waals surface area contributed by atoms with Crippen molar-refractivity contribution >= 4 is 17.7 Å². The van der Waals surface area contributed by atoms with Crippen LogP contribution in [0.25, 0.3) is 0 Å². The second-order valence-electron chi connectivity index (χ2n) is 6.71. The number of carbonyl (C=O) groups excluding carboxylic acids is 1. The molecule has 2 N–H and O–H groups in total. The molecule has 0 saturated heterocycles. The van der Waals surface area contributed by atoms with Crippen LogP contribution < -0.4 is 10.6 Å². The van der Waals surface area contributed by atoms with Crippen LogP contribution in [0.1, 0.15) is 48.9 Å². The summed E-state index contributed by atoms with van der Waals surface area (Å²) in [5.74, 6) is -1.65. The van der Waals surface area contributed by atoms with Crippen LogP contribution in [0.4, 0.5) is 30.7 Å². The molecule has 0 spiro atoms. The summed E-state index contributed by atoms with van der Waals surface area (Å²) < 4.78 is 92.2. The highest BCUT2D eigenvalue weighted by molar-refractivity contribution is 8.04. The van der Waals surface area contributed by atoms with Crippen LogP contribution in [0, 0.1) is 5.82 Å². The summed E-state index contributed by atoms with van der Waals surface area (Å²) >= 11 is 0.591. The lowest BCUT2D eigenvalue weighted by molar-refractivity contribution is -0.137. The number of benzene rings is 2. The molecule has 1 heterocycles. The van der Waals surface area contributed by atoms with Gasteiger partial charge in [0.25, 0.3) is 5.91 Å². The molecule has 3 nitrogen and oxygen atoms in total. The second-order valence-corrected chi connectivity index (χ2v) is 7.83. The van der Waals surface area contributed by atoms with Gasteiger partial charge in [0, 0.05) is 0 Å². The van der Waals surface area contributed by atoms with Crippen LogP contribution in [-0.4, -0.2) is 12.1 Å². The summed E-state index contributed by atoms with van der Waals surface area (Å²) in [6, 6.07) is 7.93. The number of nitrogens with one attached hydrogen (secondary N) is 2. The summed E-state index contributed by atoms with van der Waals surface area (Å²) in [5.41, 5.74) is -1.79. The first-order chi connectivity index (χ1) is 15.4. The van der Waals surface area contributed by atoms with Gasteiger partial charge in [-0.05, 0) is 42.3 Å². The summed E-state index contributed by atoms with van der Waals surface area (Å²) in [6.07, 6.45) is -9.47. The molecule has 11 heteroatoms. The first kappa shape index (κ1) is 26.6. The van der Waals surface area contributed by atoms with Crippen molar-refractivity contribution in [1.29, 1.82) is 0 Å². The van der Waals surface area contributed by atoms with E-state index in [0.29, 0.717) is 17.3 Å². The normalized spacial score (nSPS) is 17.1. The summed E-state index contributed by atoms with van der Waals surface area (Å²) in [6.45, 7) is 5.37. The summed E-state index contributed by atoms with van der Waals surface area (Å²) in [7, 11) is 0. The van der Waals surface area contributed by atoms with Crippen molar-refractivity contribution in [3.8, 4) is 0 Å². The standard InChI is InChI=1S/C20H15F7N2OS.C2H6/c1-10(12-3-2-4-13(9-12)19(22,23)24)28-17(30)15-16(20(25,26)27)29-18(31-15)11-5-7-14(21)8-6-11;1-2/h2-10,18,29H,1H3,(H,28,30);1-2H3. The van der Waals surface area contributed by atoms with Gasteiger partial charge in [-0.25, -0.2) is 4.39 Å². The SMILES string of the molecule is CC.CC(NC(=O)C1=C(C(F)(F)F)NC(c2ccc(F)cc2)S1)c1cccc(C(F)(F)F)c1. The van der Waals surface area contributed by atoms with Crippen LogP contribution in [0.3, 0.4) is 0 Å². The maximum absolute atomic E-state index is 13.5. The lowest BCUT2D eigenvalue weighted by Gasteiger charge is -2.17. The van der Waals surface area contributed by atoms with E-state index in [9.17, 15) is 35.5 Å². The Morgan fingerprint density at radius 3 is 2.15 bits per heavy atom. The first-order valence-corrected chi connectivity index (χ1v) is 10.7. The van der Waals surface area contributed by atoms with Crippen LogP contribution in [0.15, 0.2) is 59.1 Å². The van der Waals surface area contributed by atoms with Gasteiger partial charge >= 0.3 is 12.4 Å². The fourth-order valence-electron chi connectivity index (χ4n) is 2.90. The van der Waals surface area contributed by atoms with E-state index in [4.69, 9.17) is 0 Å². The third-order valence-electron chi connectivity index (χ3n) is 4.46. The third-order valence-corrected chi connectivity index (χ3v) is 5.71. The quantitative estimate of drug-likeness (QED) is 0.457. The molecule has 1 amide bonds. The van der Waals surface area contributed by atoms with E-state index < -0.39 is 51.7 Å². The zero-order valence-corrected chi connectivity index (χ0v) is 18.6. The van der Waals surface area contributed by atoms with Gasteiger partial charge in [0.05, 0.1) is 11.6 Å². The number of halogens is 7. The molecule has 0 radical (unpaired) electrons. The molecule has 33 heavy (non-hydrogen) atoms. The highest BCUT2D eigenvalue weighted by atomic mass is 32.2. The molecule has 0 fully saturated rings. The largest absolute Gasteiger partial charge is 0.432 e. The minimum atomic E-state index is -4.87. The summed E-state index contributed by atoms with van der Waals surface area (Å²) in [4.78, 5) is 11.9. The Balaban J connectivity index is 0.00000187. The first-order valence-electron chi connectivity index (χ1n) is 9.84. The van der Waals surface area contributed by atoms with Crippen molar-refractivity contribution < 1.29 is 35.5 Å². The monoisotopic (exact) mass is 494 g/mol. The van der Waals surface area contributed by atoms with E-state index in [-0.39, 0.29) is 5.56 Å². The van der Waals surface area contributed by atoms with Crippen LogP contribution in [0.5, 0.6) is 0 Å². The zero-order chi connectivity index (χ0) is 25.0. The molecule has 1 aliphatic heterocycles. The molecule has 0 bridgehead atoms. The molecule has 2 aromatic carbocycles. The molecule has 0 aromatic heterocycles. The molecule has 1 aliphatic rings. The van der Waals surface area contributed by atoms with Gasteiger partial charge in [-0.15, -0.1) is 0 Å². The van der Waals surface area contributed by atoms with Gasteiger partial charge in [0.2, 0.25) is 0 Å². The lowest BCUT2D eigenvalue weighted by atomic mass is 10.0. The topological polar surface area (TPSA) is 41.1 Å². The molecular formula is C22H21F7N2OS. The maximum Gasteiger partial charge on any atom is 0.432 e. The predicted molar refractivity (Wildman–Crippen MR) is 112 cm³/mol. The van der Waals surface area contributed by atoms with Crippen LogP contribution >= 0.6 is 11.8 Å². The van der Waals surface area contributed by atoms with Crippen LogP contribution in [0.2, 0.25) is 0 Å². The zero-order valence-electron chi connectivity index (χ0n) is 17.7. The minimum Gasteiger partial charge on any atom is -0.364 e. The molecular weight excluding hydrogens is 473 g/mol. The number of carbonyl (C=O) groups is 1. The van der Waals surface area contributed by atoms with Crippen LogP contribution in [-0.2, 0) is 11.0 Å². The second kappa shape index (κ2) is 10.5. The number of alkyl halides is 6. The molecule has 2 atom stereocenters. The van der Waals surface area contributed by atoms with E-state index >= 15 is 0 Å². The number of amides is 1. The smallest absolute Gasteiger partial charge is 0.364 e. The van der Waals surface area contributed by atoms with E-state index in [2.05, 4.69) is 10.6 Å². The fraction of sp³-hybridized carbons (Fsp3) is 0.318. The van der Waals surface area contributed by atoms with E-state index in [1.54, 1.807) is 0 Å². The van der Waals surface area contributed by atoms with Crippen molar-refractivity contribution in [3.05, 3.63) is 81.6 Å². The van der Waals surface area contributed by atoms with Gasteiger partial charge in [-0.3, -0.25) is 4.79 Å². The Kier molecular flexibility index (Phi) is 8.45. The number of thioether (sulfide) groups is 1. The lowest BCUT2D eigenvalue weighted by Crippen LogP contribution is -2.31. The van der Waals surface area contributed by atoms with E-state index in [1.807, 2.05) is 13.8 Å². The van der Waals surface area contributed by atoms with Crippen molar-refractivity contribution in [2.75, 3.05) is 0 Å². The molecule has 3 rings (SSSR count). The Morgan fingerprint density at radius 2 is 1.61 bits per heavy atom. The fourth-order valence-corrected chi connectivity index (χ4v) is 4.06. The van der Waals surface area contributed by atoms with Gasteiger partial charge in [-0.2, -0.15) is 26.3 Å². The molecule has 180 valence electrons. The Bertz CT molecular complexity index is 1000. The third kappa shape index (κ3) is 6.66. The van der Waals surface area contributed by atoms with E-state index in [0.717, 1.165) is 30.3 Å². The van der Waals surface area contributed by atoms with Gasteiger partial charge in [-0.1, -0.05) is 49.9 Å². The van der Waals surface area contributed by atoms with Crippen molar-refractivity contribution in [2.45, 2.75) is 44.5 Å². The molecule has 2 aromatic rings. The Morgan fingerprint density at radius 1 is 1.00 bits per heavy atom. The predicted octanol–water partition coefficient (Wildman–Crippen LogP) is 6.86. The summed E-state index contributed by atoms with van der Waals surface area (Å²) in [5, 5.41) is 3.56. The maximum atomic E-state index is 13.5.